The summed E-state index contributed by atoms with van der Waals surface area (Å²) in [6.07, 6.45) is 1.52. The molecule has 118 valence electrons. The van der Waals surface area contributed by atoms with E-state index >= 15 is 0 Å². The average molecular weight is 322 g/mol. The van der Waals surface area contributed by atoms with Crippen molar-refractivity contribution in [1.29, 1.82) is 0 Å². The monoisotopic (exact) mass is 322 g/mol. The second-order valence-corrected chi connectivity index (χ2v) is 9.26. The standard InChI is InChI=1S/C20H22O2Si/c1-18(21)22-16-10-5-11-17-23(2,19-12-6-3-7-13-19)20-14-8-4-9-15-20/h3-4,6-9,12-15H,5,10,16H2,1-2H3. The fourth-order valence-electron chi connectivity index (χ4n) is 2.47. The van der Waals surface area contributed by atoms with Gasteiger partial charge in [0.15, 0.2) is 8.07 Å². The first kappa shape index (κ1) is 17.0. The van der Waals surface area contributed by atoms with Crippen molar-refractivity contribution in [2.24, 2.45) is 0 Å². The maximum atomic E-state index is 10.8. The molecule has 0 radical (unpaired) electrons. The van der Waals surface area contributed by atoms with Gasteiger partial charge in [0.1, 0.15) is 0 Å². The molecule has 0 saturated carbocycles. The molecule has 0 aliphatic rings. The van der Waals surface area contributed by atoms with Crippen LogP contribution in [0, 0.1) is 11.5 Å². The lowest BCUT2D eigenvalue weighted by Gasteiger charge is -2.22. The second kappa shape index (κ2) is 8.35. The first-order valence-corrected chi connectivity index (χ1v) is 10.4. The van der Waals surface area contributed by atoms with E-state index in [-0.39, 0.29) is 5.97 Å². The van der Waals surface area contributed by atoms with Gasteiger partial charge in [0.05, 0.1) is 6.61 Å². The highest BCUT2D eigenvalue weighted by Gasteiger charge is 2.29. The van der Waals surface area contributed by atoms with E-state index in [4.69, 9.17) is 4.74 Å². The summed E-state index contributed by atoms with van der Waals surface area (Å²) >= 11 is 0. The highest BCUT2D eigenvalue weighted by molar-refractivity contribution is 7.07. The summed E-state index contributed by atoms with van der Waals surface area (Å²) in [5.74, 6) is 3.09. The van der Waals surface area contributed by atoms with Crippen LogP contribution >= 0.6 is 0 Å². The van der Waals surface area contributed by atoms with Crippen molar-refractivity contribution in [3.05, 3.63) is 60.7 Å². The molecule has 0 fully saturated rings. The van der Waals surface area contributed by atoms with Crippen LogP contribution in [0.1, 0.15) is 19.8 Å². The van der Waals surface area contributed by atoms with E-state index in [1.54, 1.807) is 0 Å². The SMILES string of the molecule is CC(=O)OCCCC#C[Si](C)(c1ccccc1)c1ccccc1. The summed E-state index contributed by atoms with van der Waals surface area (Å²) in [6, 6.07) is 21.1. The van der Waals surface area contributed by atoms with Crippen LogP contribution in [0.2, 0.25) is 6.55 Å². The van der Waals surface area contributed by atoms with Crippen LogP contribution in [0.4, 0.5) is 0 Å². The van der Waals surface area contributed by atoms with Gasteiger partial charge in [-0.25, -0.2) is 0 Å². The van der Waals surface area contributed by atoms with Crippen LogP contribution in [0.25, 0.3) is 0 Å². The van der Waals surface area contributed by atoms with Gasteiger partial charge >= 0.3 is 5.97 Å². The van der Waals surface area contributed by atoms with Gasteiger partial charge in [-0.05, 0) is 16.8 Å². The third-order valence-electron chi connectivity index (χ3n) is 3.79. The molecule has 23 heavy (non-hydrogen) atoms. The van der Waals surface area contributed by atoms with Crippen molar-refractivity contribution < 1.29 is 9.53 Å². The number of carbonyl (C=O) groups excluding carboxylic acids is 1. The minimum absolute atomic E-state index is 0.231. The van der Waals surface area contributed by atoms with Crippen LogP contribution in [-0.2, 0) is 9.53 Å². The molecule has 0 heterocycles. The molecule has 3 heteroatoms. The molecule has 0 amide bonds. The van der Waals surface area contributed by atoms with E-state index in [0.29, 0.717) is 6.61 Å². The van der Waals surface area contributed by atoms with Crippen molar-refractivity contribution >= 4 is 24.4 Å². The van der Waals surface area contributed by atoms with Gasteiger partial charge in [-0.3, -0.25) is 4.79 Å². The van der Waals surface area contributed by atoms with Crippen LogP contribution in [0.15, 0.2) is 60.7 Å². The number of carbonyl (C=O) groups is 1. The number of esters is 1. The zero-order valence-corrected chi connectivity index (χ0v) is 14.7. The first-order valence-electron chi connectivity index (χ1n) is 7.87. The van der Waals surface area contributed by atoms with Crippen LogP contribution in [0.3, 0.4) is 0 Å². The van der Waals surface area contributed by atoms with E-state index in [0.717, 1.165) is 12.8 Å². The Kier molecular flexibility index (Phi) is 6.19. The summed E-state index contributed by atoms with van der Waals surface area (Å²) < 4.78 is 4.95. The minimum atomic E-state index is -2.05. The molecule has 0 aromatic heterocycles. The molecule has 0 unspecified atom stereocenters. The second-order valence-electron chi connectivity index (χ2n) is 5.60. The van der Waals surface area contributed by atoms with Gasteiger partial charge in [-0.2, -0.15) is 0 Å². The Bertz CT molecular complexity index is 644. The van der Waals surface area contributed by atoms with Gasteiger partial charge in [0.25, 0.3) is 0 Å². The molecular weight excluding hydrogens is 300 g/mol. The molecule has 0 atom stereocenters. The minimum Gasteiger partial charge on any atom is -0.466 e. The predicted octanol–water partition coefficient (Wildman–Crippen LogP) is 2.77. The number of hydrogen-bond acceptors (Lipinski definition) is 2. The fraction of sp³-hybridized carbons (Fsp3) is 0.250. The molecule has 2 aromatic carbocycles. The molecule has 0 N–H and O–H groups in total. The lowest BCUT2D eigenvalue weighted by Crippen LogP contribution is -2.54. The smallest absolute Gasteiger partial charge is 0.302 e. The van der Waals surface area contributed by atoms with Crippen molar-refractivity contribution in [3.8, 4) is 11.5 Å². The van der Waals surface area contributed by atoms with Crippen LogP contribution in [0.5, 0.6) is 0 Å². The summed E-state index contributed by atoms with van der Waals surface area (Å²) in [5, 5.41) is 2.64. The van der Waals surface area contributed by atoms with E-state index in [1.807, 2.05) is 12.1 Å². The lowest BCUT2D eigenvalue weighted by molar-refractivity contribution is -0.141. The Morgan fingerprint density at radius 3 is 2.00 bits per heavy atom. The van der Waals surface area contributed by atoms with Crippen molar-refractivity contribution in [2.45, 2.75) is 26.3 Å². The van der Waals surface area contributed by atoms with E-state index in [2.05, 4.69) is 66.5 Å². The largest absolute Gasteiger partial charge is 0.466 e. The molecule has 2 rings (SSSR count). The van der Waals surface area contributed by atoms with Gasteiger partial charge < -0.3 is 4.74 Å². The van der Waals surface area contributed by atoms with Gasteiger partial charge in [0, 0.05) is 13.3 Å². The Hall–Kier alpha value is -2.31. The zero-order chi connectivity index (χ0) is 16.5. The molecule has 2 nitrogen and oxygen atoms in total. The number of unbranched alkanes of at least 4 members (excludes halogenated alkanes) is 1. The number of hydrogen-bond donors (Lipinski definition) is 0. The quantitative estimate of drug-likeness (QED) is 0.366. The molecule has 0 aliphatic heterocycles. The predicted molar refractivity (Wildman–Crippen MR) is 97.4 cm³/mol. The van der Waals surface area contributed by atoms with E-state index < -0.39 is 8.07 Å². The summed E-state index contributed by atoms with van der Waals surface area (Å²) in [4.78, 5) is 10.8. The Morgan fingerprint density at radius 2 is 1.52 bits per heavy atom. The summed E-state index contributed by atoms with van der Waals surface area (Å²) in [5.41, 5.74) is 3.57. The fourth-order valence-corrected chi connectivity index (χ4v) is 5.29. The Labute approximate surface area is 139 Å². The maximum Gasteiger partial charge on any atom is 0.302 e. The van der Waals surface area contributed by atoms with Gasteiger partial charge in [-0.15, -0.1) is 11.5 Å². The lowest BCUT2D eigenvalue weighted by atomic mass is 10.3. The Balaban J connectivity index is 2.18. The molecular formula is C20H22O2Si. The Morgan fingerprint density at radius 1 is 1.00 bits per heavy atom. The number of benzene rings is 2. The topological polar surface area (TPSA) is 26.3 Å². The van der Waals surface area contributed by atoms with Crippen molar-refractivity contribution in [1.82, 2.24) is 0 Å². The average Bonchev–Trinajstić information content (AvgIpc) is 2.59. The van der Waals surface area contributed by atoms with Crippen molar-refractivity contribution in [2.75, 3.05) is 6.61 Å². The zero-order valence-electron chi connectivity index (χ0n) is 13.7. The van der Waals surface area contributed by atoms with Crippen LogP contribution < -0.4 is 10.4 Å². The normalized spacial score (nSPS) is 10.5. The first-order chi connectivity index (χ1) is 11.1. The highest BCUT2D eigenvalue weighted by Crippen LogP contribution is 2.05. The van der Waals surface area contributed by atoms with Gasteiger partial charge in [0.2, 0.25) is 0 Å². The summed E-state index contributed by atoms with van der Waals surface area (Å²) in [7, 11) is -2.05. The summed E-state index contributed by atoms with van der Waals surface area (Å²) in [6.45, 7) is 4.16. The number of rotatable bonds is 5. The molecule has 0 saturated heterocycles. The van der Waals surface area contributed by atoms with Crippen LogP contribution in [-0.4, -0.2) is 20.7 Å². The van der Waals surface area contributed by atoms with Crippen molar-refractivity contribution in [3.63, 3.8) is 0 Å². The molecule has 2 aromatic rings. The van der Waals surface area contributed by atoms with Gasteiger partial charge in [-0.1, -0.05) is 67.2 Å². The molecule has 0 spiro atoms. The number of ether oxygens (including phenoxy) is 1. The van der Waals surface area contributed by atoms with E-state index in [9.17, 15) is 4.79 Å². The third kappa shape index (κ3) is 4.84. The van der Waals surface area contributed by atoms with E-state index in [1.165, 1.54) is 17.3 Å². The highest BCUT2D eigenvalue weighted by atomic mass is 28.3. The third-order valence-corrected chi connectivity index (χ3v) is 7.44. The maximum absolute atomic E-state index is 10.8. The molecule has 0 aliphatic carbocycles. The molecule has 0 bridgehead atoms.